The van der Waals surface area contributed by atoms with Crippen molar-refractivity contribution in [2.24, 2.45) is 29.4 Å². The molecule has 11 heteroatoms. The average molecular weight is 556 g/mol. The summed E-state index contributed by atoms with van der Waals surface area (Å²) in [4.78, 5) is 70.4. The monoisotopic (exact) mass is 555 g/mol. The van der Waals surface area contributed by atoms with Crippen molar-refractivity contribution in [2.45, 2.75) is 63.8 Å². The van der Waals surface area contributed by atoms with E-state index in [1.165, 1.54) is 11.0 Å². The van der Waals surface area contributed by atoms with Gasteiger partial charge in [0.05, 0.1) is 23.6 Å². The molecule has 2 saturated carbocycles. The third-order valence-electron chi connectivity index (χ3n) is 9.03. The van der Waals surface area contributed by atoms with Crippen LogP contribution in [0.4, 0.5) is 0 Å². The fourth-order valence-corrected chi connectivity index (χ4v) is 7.40. The molecule has 3 fully saturated rings. The third-order valence-corrected chi connectivity index (χ3v) is 9.03. The minimum absolute atomic E-state index is 0.00211. The van der Waals surface area contributed by atoms with Crippen LogP contribution in [-0.2, 0) is 32.1 Å². The third kappa shape index (κ3) is 4.17. The Bertz CT molecular complexity index is 1300. The van der Waals surface area contributed by atoms with Gasteiger partial charge in [0.2, 0.25) is 5.91 Å². The lowest BCUT2D eigenvalue weighted by Gasteiger charge is -2.52. The van der Waals surface area contributed by atoms with E-state index >= 15 is 0 Å². The normalized spacial score (nSPS) is 32.3. The molecule has 1 aromatic rings. The number of carbonyl (C=O) groups excluding carboxylic acids is 5. The number of nitrogens with zero attached hydrogens (tertiary/aromatic N) is 2. The lowest BCUT2D eigenvalue weighted by molar-refractivity contribution is -0.181. The zero-order chi connectivity index (χ0) is 29.3. The first-order valence-corrected chi connectivity index (χ1v) is 13.9. The number of likely N-dealkylation sites (N-methyl/N-ethyl adjacent to an activating group) is 1. The van der Waals surface area contributed by atoms with E-state index in [4.69, 9.17) is 10.5 Å². The Balaban J connectivity index is 1.62. The number of nitrogens with two attached hydrogens (primary N) is 1. The molecular formula is C29H37N3O8. The number of likely N-dealkylation sites (tertiary alicyclic amines) is 1. The first-order chi connectivity index (χ1) is 18.8. The topological polar surface area (TPSA) is 168 Å². The molecule has 216 valence electrons. The first kappa shape index (κ1) is 28.4. The number of hydrogen-bond donors (Lipinski definition) is 3. The van der Waals surface area contributed by atoms with Gasteiger partial charge >= 0.3 is 0 Å². The van der Waals surface area contributed by atoms with Crippen molar-refractivity contribution in [3.8, 4) is 11.5 Å². The van der Waals surface area contributed by atoms with Gasteiger partial charge in [0.1, 0.15) is 11.5 Å². The van der Waals surface area contributed by atoms with Crippen molar-refractivity contribution in [3.63, 3.8) is 0 Å². The summed E-state index contributed by atoms with van der Waals surface area (Å²) in [6.45, 7) is 6.10. The number of aromatic hydroxyl groups is 1. The molecule has 1 aliphatic heterocycles. The summed E-state index contributed by atoms with van der Waals surface area (Å²) in [5, 5.41) is 22.8. The summed E-state index contributed by atoms with van der Waals surface area (Å²) in [5.74, 6) is -10.1. The Labute approximate surface area is 232 Å². The zero-order valence-electron chi connectivity index (χ0n) is 23.3. The molecule has 40 heavy (non-hydrogen) atoms. The van der Waals surface area contributed by atoms with E-state index in [0.717, 1.165) is 31.5 Å². The van der Waals surface area contributed by atoms with Gasteiger partial charge in [-0.05, 0) is 78.7 Å². The quantitative estimate of drug-likeness (QED) is 0.414. The molecule has 0 spiro atoms. The Morgan fingerprint density at radius 3 is 2.40 bits per heavy atom. The van der Waals surface area contributed by atoms with Crippen LogP contribution in [0.5, 0.6) is 11.5 Å². The van der Waals surface area contributed by atoms with Crippen molar-refractivity contribution in [2.75, 3.05) is 27.2 Å². The average Bonchev–Trinajstić information content (AvgIpc) is 3.36. The molecule has 4 N–H and O–H groups in total. The Morgan fingerprint density at radius 1 is 1.18 bits per heavy atom. The summed E-state index contributed by atoms with van der Waals surface area (Å²) in [6.07, 6.45) is 2.10. The van der Waals surface area contributed by atoms with Crippen molar-refractivity contribution in [1.82, 2.24) is 9.80 Å². The molecule has 3 aliphatic carbocycles. The Kier molecular flexibility index (Phi) is 7.12. The minimum atomic E-state index is -2.74. The van der Waals surface area contributed by atoms with Gasteiger partial charge in [-0.3, -0.25) is 33.8 Å². The number of primary amides is 1. The van der Waals surface area contributed by atoms with Crippen molar-refractivity contribution < 1.29 is 38.9 Å². The fourth-order valence-electron chi connectivity index (χ4n) is 7.40. The zero-order valence-corrected chi connectivity index (χ0v) is 23.3. The van der Waals surface area contributed by atoms with Crippen molar-refractivity contribution in [1.29, 1.82) is 0 Å². The van der Waals surface area contributed by atoms with Crippen LogP contribution >= 0.6 is 0 Å². The van der Waals surface area contributed by atoms with Crippen LogP contribution in [0, 0.1) is 23.7 Å². The number of amides is 1. The van der Waals surface area contributed by atoms with Gasteiger partial charge in [-0.15, -0.1) is 0 Å². The van der Waals surface area contributed by atoms with Crippen LogP contribution in [-0.4, -0.2) is 94.0 Å². The number of hydrogen-bond acceptors (Lipinski definition) is 10. The van der Waals surface area contributed by atoms with E-state index in [1.807, 2.05) is 13.8 Å². The van der Waals surface area contributed by atoms with Crippen molar-refractivity contribution in [3.05, 3.63) is 22.8 Å². The summed E-state index contributed by atoms with van der Waals surface area (Å²) in [7, 11) is 3.12. The number of fused-ring (bicyclic) bond motifs is 3. The number of rotatable bonds is 6. The van der Waals surface area contributed by atoms with Gasteiger partial charge in [0.25, 0.3) is 0 Å². The minimum Gasteiger partial charge on any atom is -0.507 e. The van der Waals surface area contributed by atoms with Crippen LogP contribution in [0.1, 0.15) is 54.6 Å². The number of carbonyl (C=O) groups is 5. The molecular weight excluding hydrogens is 518 g/mol. The molecule has 5 rings (SSSR count). The molecule has 4 aliphatic rings. The second-order valence-electron chi connectivity index (χ2n) is 12.2. The van der Waals surface area contributed by atoms with Crippen LogP contribution < -0.4 is 10.5 Å². The predicted octanol–water partition coefficient (Wildman–Crippen LogP) is 0.250. The van der Waals surface area contributed by atoms with Crippen LogP contribution in [0.25, 0.3) is 0 Å². The smallest absolute Gasteiger partial charge is 0.235 e. The van der Waals surface area contributed by atoms with Gasteiger partial charge in [-0.2, -0.15) is 0 Å². The molecule has 11 nitrogen and oxygen atoms in total. The predicted molar refractivity (Wildman–Crippen MR) is 142 cm³/mol. The fraction of sp³-hybridized carbons (Fsp3) is 0.621. The molecule has 0 aromatic heterocycles. The van der Waals surface area contributed by atoms with E-state index in [9.17, 15) is 34.2 Å². The van der Waals surface area contributed by atoms with Crippen LogP contribution in [0.15, 0.2) is 6.07 Å². The number of Topliss-reactive ketones (excluding diaryl/α,β-unsaturated/α-hetero) is 4. The summed E-state index contributed by atoms with van der Waals surface area (Å²) in [6, 6.07) is 0.371. The van der Waals surface area contributed by atoms with Gasteiger partial charge < -0.3 is 20.7 Å². The number of ketones is 4. The van der Waals surface area contributed by atoms with E-state index < -0.39 is 64.4 Å². The Hall–Kier alpha value is -3.15. The SMILES string of the molecule is CC(C)Oc1c(CN2CCCC2)cc(O)c2c1C[C@H]1C[C@H]3[C@H](N(C)C)C(=O)C(C(N)=O)C(=O)[C@@]3(O)C(=O)C1C2=O. The highest BCUT2D eigenvalue weighted by Gasteiger charge is 2.69. The van der Waals surface area contributed by atoms with E-state index in [2.05, 4.69) is 4.90 Å². The van der Waals surface area contributed by atoms with Crippen LogP contribution in [0.2, 0.25) is 0 Å². The van der Waals surface area contributed by atoms with E-state index in [0.29, 0.717) is 17.9 Å². The lowest BCUT2D eigenvalue weighted by Crippen LogP contribution is -2.74. The molecule has 1 heterocycles. The number of benzene rings is 1. The second-order valence-corrected chi connectivity index (χ2v) is 12.2. The molecule has 0 bridgehead atoms. The number of ether oxygens (including phenoxy) is 1. The number of aliphatic hydroxyl groups is 1. The second kappa shape index (κ2) is 10.0. The Morgan fingerprint density at radius 2 is 1.82 bits per heavy atom. The van der Waals surface area contributed by atoms with E-state index in [-0.39, 0.29) is 30.3 Å². The highest BCUT2D eigenvalue weighted by Crippen LogP contribution is 2.52. The molecule has 1 saturated heterocycles. The summed E-state index contributed by atoms with van der Waals surface area (Å²) < 4.78 is 6.23. The standard InChI is InChI=1S/C29H37N3O8/c1-13(2)40-25-15(12-32-7-5-6-8-32)11-18(33)20-16(25)9-14-10-17-22(31(3)4)24(35)21(28(30)38)27(37)29(17,39)26(36)19(14)23(20)34/h11,13-14,17,19,21-22,33,39H,5-10,12H2,1-4H3,(H2,30,38)/t14-,17-,19?,21?,22-,29-/m0/s1. The van der Waals surface area contributed by atoms with Gasteiger partial charge in [0, 0.05) is 23.6 Å². The van der Waals surface area contributed by atoms with E-state index in [1.54, 1.807) is 14.1 Å². The molecule has 1 aromatic carbocycles. The molecule has 2 unspecified atom stereocenters. The lowest BCUT2D eigenvalue weighted by atomic mass is 9.52. The first-order valence-electron chi connectivity index (χ1n) is 13.9. The molecule has 6 atom stereocenters. The maximum atomic E-state index is 14.0. The highest BCUT2D eigenvalue weighted by molar-refractivity contribution is 6.32. The maximum absolute atomic E-state index is 14.0. The largest absolute Gasteiger partial charge is 0.507 e. The van der Waals surface area contributed by atoms with Crippen molar-refractivity contribution >= 4 is 29.0 Å². The number of phenolic OH excluding ortho intramolecular Hbond substituents is 1. The van der Waals surface area contributed by atoms with Crippen LogP contribution in [0.3, 0.4) is 0 Å². The summed E-state index contributed by atoms with van der Waals surface area (Å²) >= 11 is 0. The summed E-state index contributed by atoms with van der Waals surface area (Å²) in [5.41, 5.74) is 3.83. The molecule has 1 amide bonds. The van der Waals surface area contributed by atoms with Gasteiger partial charge in [-0.25, -0.2) is 0 Å². The number of phenols is 1. The highest BCUT2D eigenvalue weighted by atomic mass is 16.5. The van der Waals surface area contributed by atoms with Gasteiger partial charge in [-0.1, -0.05) is 0 Å². The maximum Gasteiger partial charge on any atom is 0.235 e. The van der Waals surface area contributed by atoms with Gasteiger partial charge in [0.15, 0.2) is 34.7 Å². The molecule has 0 radical (unpaired) electrons.